The molecule has 2 fully saturated rings. The zero-order chi connectivity index (χ0) is 24.1. The Balaban J connectivity index is 1.75. The van der Waals surface area contributed by atoms with E-state index in [0.717, 1.165) is 11.0 Å². The summed E-state index contributed by atoms with van der Waals surface area (Å²) in [6.07, 6.45) is -0.338. The van der Waals surface area contributed by atoms with E-state index in [4.69, 9.17) is 14.0 Å². The van der Waals surface area contributed by atoms with Crippen LogP contribution < -0.4 is 5.46 Å². The largest absolute Gasteiger partial charge is 0.494 e. The highest BCUT2D eigenvalue weighted by atomic mass is 16.7. The predicted octanol–water partition coefficient (Wildman–Crippen LogP) is 3.38. The summed E-state index contributed by atoms with van der Waals surface area (Å²) in [4.78, 5) is 29.4. The number of benzene rings is 1. The van der Waals surface area contributed by atoms with E-state index in [0.29, 0.717) is 25.2 Å². The van der Waals surface area contributed by atoms with E-state index in [1.54, 1.807) is 4.90 Å². The minimum absolute atomic E-state index is 0.0443. The molecule has 1 atom stereocenters. The van der Waals surface area contributed by atoms with Gasteiger partial charge < -0.3 is 23.8 Å². The topological polar surface area (TPSA) is 68.3 Å². The van der Waals surface area contributed by atoms with Crippen LogP contribution in [0.3, 0.4) is 0 Å². The molecule has 0 bridgehead atoms. The van der Waals surface area contributed by atoms with Gasteiger partial charge in [-0.25, -0.2) is 4.79 Å². The Kier molecular flexibility index (Phi) is 6.44. The number of hydrogen-bond donors (Lipinski definition) is 0. The Morgan fingerprint density at radius 1 is 1.09 bits per heavy atom. The summed E-state index contributed by atoms with van der Waals surface area (Å²) in [6.45, 7) is 18.8. The highest BCUT2D eigenvalue weighted by Gasteiger charge is 2.51. The number of amides is 2. The molecule has 2 heterocycles. The zero-order valence-corrected chi connectivity index (χ0v) is 20.9. The normalized spacial score (nSPS) is 22.8. The molecular formula is C24H37BN2O5. The summed E-state index contributed by atoms with van der Waals surface area (Å²) < 4.78 is 17.8. The van der Waals surface area contributed by atoms with Gasteiger partial charge >= 0.3 is 13.2 Å². The maximum atomic E-state index is 13.5. The van der Waals surface area contributed by atoms with Gasteiger partial charge in [0.25, 0.3) is 5.91 Å². The minimum atomic E-state index is -0.543. The second-order valence-electron chi connectivity index (χ2n) is 10.9. The van der Waals surface area contributed by atoms with Crippen molar-refractivity contribution >= 4 is 24.6 Å². The molecule has 0 aliphatic carbocycles. The van der Waals surface area contributed by atoms with Crippen molar-refractivity contribution in [2.24, 2.45) is 0 Å². The second-order valence-corrected chi connectivity index (χ2v) is 10.9. The van der Waals surface area contributed by atoms with Gasteiger partial charge in [0.1, 0.15) is 5.60 Å². The number of rotatable bonds is 2. The molecule has 1 aromatic rings. The number of carbonyl (C=O) groups is 2. The van der Waals surface area contributed by atoms with E-state index >= 15 is 0 Å². The molecule has 3 rings (SSSR count). The smallest absolute Gasteiger partial charge is 0.444 e. The number of nitrogens with zero attached hydrogens (tertiary/aromatic N) is 2. The third-order valence-corrected chi connectivity index (χ3v) is 6.56. The molecule has 1 aromatic carbocycles. The van der Waals surface area contributed by atoms with Crippen LogP contribution in [-0.4, -0.2) is 71.4 Å². The first-order chi connectivity index (χ1) is 14.6. The highest BCUT2D eigenvalue weighted by molar-refractivity contribution is 6.62. The van der Waals surface area contributed by atoms with Crippen molar-refractivity contribution in [3.05, 3.63) is 29.3 Å². The third kappa shape index (κ3) is 4.96. The molecule has 0 radical (unpaired) electrons. The van der Waals surface area contributed by atoms with Crippen LogP contribution in [0.25, 0.3) is 0 Å². The van der Waals surface area contributed by atoms with Crippen LogP contribution in [-0.2, 0) is 14.0 Å². The van der Waals surface area contributed by atoms with Crippen LogP contribution in [0.15, 0.2) is 18.2 Å². The molecule has 8 heteroatoms. The van der Waals surface area contributed by atoms with E-state index in [-0.39, 0.29) is 18.0 Å². The first-order valence-electron chi connectivity index (χ1n) is 11.4. The quantitative estimate of drug-likeness (QED) is 0.655. The van der Waals surface area contributed by atoms with E-state index in [1.807, 2.05) is 85.4 Å². The third-order valence-electron chi connectivity index (χ3n) is 6.56. The van der Waals surface area contributed by atoms with Crippen LogP contribution in [0, 0.1) is 6.92 Å². The summed E-state index contributed by atoms with van der Waals surface area (Å²) in [7, 11) is -0.520. The SMILES string of the molecule is Cc1ccc(B2OC(C)(C)C(C)(C)O2)cc1C(=O)N1CCN(C(=O)OC(C)(C)C)C[C@@H]1C. The molecule has 2 amide bonds. The molecule has 176 valence electrons. The average Bonchev–Trinajstić information content (AvgIpc) is 2.87. The molecule has 2 aliphatic heterocycles. The van der Waals surface area contributed by atoms with Gasteiger partial charge in [0.05, 0.1) is 11.2 Å². The van der Waals surface area contributed by atoms with Crippen molar-refractivity contribution in [1.29, 1.82) is 0 Å². The Labute approximate surface area is 192 Å². The van der Waals surface area contributed by atoms with Crippen LogP contribution in [0.1, 0.15) is 71.3 Å². The fraction of sp³-hybridized carbons (Fsp3) is 0.667. The van der Waals surface area contributed by atoms with Crippen molar-refractivity contribution in [1.82, 2.24) is 9.80 Å². The minimum Gasteiger partial charge on any atom is -0.444 e. The average molecular weight is 444 g/mol. The maximum absolute atomic E-state index is 13.5. The Morgan fingerprint density at radius 2 is 1.69 bits per heavy atom. The Bertz CT molecular complexity index is 877. The summed E-state index contributed by atoms with van der Waals surface area (Å²) in [5.74, 6) is -0.0443. The van der Waals surface area contributed by atoms with Crippen molar-refractivity contribution in [3.8, 4) is 0 Å². The van der Waals surface area contributed by atoms with E-state index in [2.05, 4.69) is 0 Å². The fourth-order valence-corrected chi connectivity index (χ4v) is 3.90. The molecule has 2 saturated heterocycles. The van der Waals surface area contributed by atoms with Gasteiger partial charge in [-0.1, -0.05) is 12.1 Å². The number of carbonyl (C=O) groups excluding carboxylic acids is 2. The zero-order valence-electron chi connectivity index (χ0n) is 20.9. The molecule has 32 heavy (non-hydrogen) atoms. The molecule has 0 saturated carbocycles. The van der Waals surface area contributed by atoms with Gasteiger partial charge in [0, 0.05) is 31.2 Å². The van der Waals surface area contributed by atoms with E-state index in [9.17, 15) is 9.59 Å². The lowest BCUT2D eigenvalue weighted by molar-refractivity contribution is 0.00578. The molecule has 7 nitrogen and oxygen atoms in total. The Morgan fingerprint density at radius 3 is 2.22 bits per heavy atom. The van der Waals surface area contributed by atoms with Gasteiger partial charge in [-0.2, -0.15) is 0 Å². The van der Waals surface area contributed by atoms with E-state index in [1.165, 1.54) is 0 Å². The van der Waals surface area contributed by atoms with Gasteiger partial charge in [0.2, 0.25) is 0 Å². The summed E-state index contributed by atoms with van der Waals surface area (Å²) >= 11 is 0. The summed E-state index contributed by atoms with van der Waals surface area (Å²) in [5, 5.41) is 0. The Hall–Kier alpha value is -2.06. The summed E-state index contributed by atoms with van der Waals surface area (Å²) in [5.41, 5.74) is 0.932. The van der Waals surface area contributed by atoms with Crippen LogP contribution in [0.5, 0.6) is 0 Å². The molecule has 0 spiro atoms. The summed E-state index contributed by atoms with van der Waals surface area (Å²) in [6, 6.07) is 5.66. The van der Waals surface area contributed by atoms with Gasteiger partial charge in [-0.15, -0.1) is 0 Å². The maximum Gasteiger partial charge on any atom is 0.494 e. The molecule has 0 unspecified atom stereocenters. The molecular weight excluding hydrogens is 407 g/mol. The van der Waals surface area contributed by atoms with Crippen LogP contribution in [0.4, 0.5) is 4.79 Å². The van der Waals surface area contributed by atoms with Crippen molar-refractivity contribution in [3.63, 3.8) is 0 Å². The van der Waals surface area contributed by atoms with Crippen LogP contribution in [0.2, 0.25) is 0 Å². The standard InChI is InChI=1S/C24H37BN2O5/c1-16-10-11-18(25-31-23(6,7)24(8,9)32-25)14-19(16)20(28)27-13-12-26(15-17(27)2)21(29)30-22(3,4)5/h10-11,14,17H,12-13,15H2,1-9H3/t17-/m0/s1. The number of piperazine rings is 1. The lowest BCUT2D eigenvalue weighted by Crippen LogP contribution is -2.56. The monoisotopic (exact) mass is 444 g/mol. The lowest BCUT2D eigenvalue weighted by Gasteiger charge is -2.40. The van der Waals surface area contributed by atoms with Gasteiger partial charge in [-0.05, 0) is 79.4 Å². The predicted molar refractivity (Wildman–Crippen MR) is 125 cm³/mol. The number of ether oxygens (including phenoxy) is 1. The molecule has 2 aliphatic rings. The second kappa shape index (κ2) is 8.38. The first-order valence-corrected chi connectivity index (χ1v) is 11.4. The van der Waals surface area contributed by atoms with Crippen molar-refractivity contribution in [2.45, 2.75) is 85.2 Å². The number of aryl methyl sites for hydroxylation is 1. The number of hydrogen-bond acceptors (Lipinski definition) is 5. The lowest BCUT2D eigenvalue weighted by atomic mass is 9.77. The van der Waals surface area contributed by atoms with Crippen molar-refractivity contribution in [2.75, 3.05) is 19.6 Å². The van der Waals surface area contributed by atoms with Gasteiger partial charge in [-0.3, -0.25) is 4.79 Å². The van der Waals surface area contributed by atoms with Crippen LogP contribution >= 0.6 is 0 Å². The highest BCUT2D eigenvalue weighted by Crippen LogP contribution is 2.36. The van der Waals surface area contributed by atoms with Crippen molar-refractivity contribution < 1.29 is 23.6 Å². The van der Waals surface area contributed by atoms with Gasteiger partial charge in [0.15, 0.2) is 0 Å². The van der Waals surface area contributed by atoms with E-state index < -0.39 is 23.9 Å². The fourth-order valence-electron chi connectivity index (χ4n) is 3.90. The molecule has 0 N–H and O–H groups in total. The first kappa shape index (κ1) is 24.6. The molecule has 0 aromatic heterocycles.